The largest absolute Gasteiger partial charge is 0.466 e. The molecule has 1 aromatic rings. The maximum Gasteiger partial charge on any atom is 0.466 e. The van der Waals surface area contributed by atoms with E-state index in [1.165, 1.54) is 0 Å². The van der Waals surface area contributed by atoms with Gasteiger partial charge in [-0.2, -0.15) is 8.42 Å². The van der Waals surface area contributed by atoms with Gasteiger partial charge in [0.15, 0.2) is 0 Å². The molecule has 0 heterocycles. The van der Waals surface area contributed by atoms with E-state index in [4.69, 9.17) is 19.2 Å². The highest BCUT2D eigenvalue weighted by molar-refractivity contribution is 7.86. The summed E-state index contributed by atoms with van der Waals surface area (Å²) in [6.07, 6.45) is 2.02. The van der Waals surface area contributed by atoms with Crippen LogP contribution >= 0.6 is 7.82 Å². The summed E-state index contributed by atoms with van der Waals surface area (Å²) in [5.74, 6) is 0. The summed E-state index contributed by atoms with van der Waals surface area (Å²) in [4.78, 5) is 21.8. The normalized spacial score (nSPS) is 11.7. The van der Waals surface area contributed by atoms with Gasteiger partial charge in [-0.3, -0.25) is 4.18 Å². The Balaban J connectivity index is 0.000000621. The molecule has 1 rings (SSSR count). The summed E-state index contributed by atoms with van der Waals surface area (Å²) in [6, 6.07) is 6.84. The molecule has 0 aliphatic rings. The lowest BCUT2D eigenvalue weighted by Gasteiger charge is -2.04. The van der Waals surface area contributed by atoms with Crippen LogP contribution < -0.4 is 0 Å². The second kappa shape index (κ2) is 8.51. The van der Waals surface area contributed by atoms with Crippen molar-refractivity contribution in [1.29, 1.82) is 0 Å². The van der Waals surface area contributed by atoms with Gasteiger partial charge in [-0.05, 0) is 31.0 Å². The molecule has 0 saturated carbocycles. The molecule has 7 nitrogen and oxygen atoms in total. The fraction of sp³-hybridized carbons (Fsp3) is 0.455. The van der Waals surface area contributed by atoms with Gasteiger partial charge in [0, 0.05) is 0 Å². The van der Waals surface area contributed by atoms with E-state index >= 15 is 0 Å². The number of rotatable bonds is 5. The minimum Gasteiger partial charge on any atom is -0.303 e. The van der Waals surface area contributed by atoms with E-state index < -0.39 is 17.9 Å². The average Bonchev–Trinajstić information content (AvgIpc) is 2.28. The topological polar surface area (TPSA) is 121 Å². The predicted molar refractivity (Wildman–Crippen MR) is 73.5 cm³/mol. The highest BCUT2D eigenvalue weighted by Gasteiger charge is 2.13. The van der Waals surface area contributed by atoms with Gasteiger partial charge in [0.25, 0.3) is 10.1 Å². The van der Waals surface area contributed by atoms with E-state index in [9.17, 15) is 8.42 Å². The van der Waals surface area contributed by atoms with E-state index in [-0.39, 0.29) is 11.5 Å². The molecule has 9 heteroatoms. The summed E-state index contributed by atoms with van der Waals surface area (Å²) in [7, 11) is -8.18. The molecule has 0 radical (unpaired) electrons. The van der Waals surface area contributed by atoms with E-state index in [1.807, 2.05) is 12.1 Å². The van der Waals surface area contributed by atoms with E-state index in [1.54, 1.807) is 19.1 Å². The smallest absolute Gasteiger partial charge is 0.303 e. The van der Waals surface area contributed by atoms with Crippen LogP contribution in [0.4, 0.5) is 0 Å². The Bertz CT molecular complexity index is 524. The molecule has 0 spiro atoms. The number of benzene rings is 1. The SMILES string of the molecule is CCCc1ccc(S(=O)(=O)OCC)cc1.O=P(O)(O)O. The van der Waals surface area contributed by atoms with Gasteiger partial charge in [0.2, 0.25) is 0 Å². The average molecular weight is 326 g/mol. The summed E-state index contributed by atoms with van der Waals surface area (Å²) in [5, 5.41) is 0. The lowest BCUT2D eigenvalue weighted by molar-refractivity contribution is 0.275. The van der Waals surface area contributed by atoms with Crippen molar-refractivity contribution in [3.8, 4) is 0 Å². The maximum atomic E-state index is 11.5. The Morgan fingerprint density at radius 2 is 1.55 bits per heavy atom. The second-order valence-corrected chi connectivity index (χ2v) is 6.41. The van der Waals surface area contributed by atoms with Crippen molar-refractivity contribution in [3.05, 3.63) is 29.8 Å². The molecule has 20 heavy (non-hydrogen) atoms. The van der Waals surface area contributed by atoms with E-state index in [2.05, 4.69) is 11.1 Å². The van der Waals surface area contributed by atoms with Crippen LogP contribution in [-0.4, -0.2) is 29.7 Å². The van der Waals surface area contributed by atoms with Crippen molar-refractivity contribution in [3.63, 3.8) is 0 Å². The first kappa shape index (κ1) is 19.2. The van der Waals surface area contributed by atoms with Crippen LogP contribution in [0.5, 0.6) is 0 Å². The monoisotopic (exact) mass is 326 g/mol. The van der Waals surface area contributed by atoms with Gasteiger partial charge < -0.3 is 14.7 Å². The number of phosphoric acid groups is 1. The van der Waals surface area contributed by atoms with Crippen LogP contribution in [0.1, 0.15) is 25.8 Å². The van der Waals surface area contributed by atoms with Gasteiger partial charge in [0.1, 0.15) is 0 Å². The number of hydrogen-bond donors (Lipinski definition) is 3. The van der Waals surface area contributed by atoms with Crippen LogP contribution in [0.3, 0.4) is 0 Å². The third-order valence-electron chi connectivity index (χ3n) is 2.02. The zero-order valence-corrected chi connectivity index (χ0v) is 13.0. The first-order valence-corrected chi connectivity index (χ1v) is 8.84. The third kappa shape index (κ3) is 9.19. The molecule has 0 aliphatic carbocycles. The summed E-state index contributed by atoms with van der Waals surface area (Å²) >= 11 is 0. The highest BCUT2D eigenvalue weighted by atomic mass is 32.2. The quantitative estimate of drug-likeness (QED) is 0.553. The zero-order valence-electron chi connectivity index (χ0n) is 11.3. The van der Waals surface area contributed by atoms with E-state index in [0.717, 1.165) is 18.4 Å². The van der Waals surface area contributed by atoms with Gasteiger partial charge in [-0.25, -0.2) is 4.57 Å². The molecular weight excluding hydrogens is 307 g/mol. The first-order chi connectivity index (χ1) is 9.10. The molecule has 0 aliphatic heterocycles. The van der Waals surface area contributed by atoms with Crippen molar-refractivity contribution in [2.24, 2.45) is 0 Å². The van der Waals surface area contributed by atoms with Crippen LogP contribution in [0.25, 0.3) is 0 Å². The van der Waals surface area contributed by atoms with Gasteiger partial charge in [0.05, 0.1) is 11.5 Å². The Labute approximate surface area is 118 Å². The molecule has 116 valence electrons. The van der Waals surface area contributed by atoms with Crippen molar-refractivity contribution in [1.82, 2.24) is 0 Å². The second-order valence-electron chi connectivity index (χ2n) is 3.77. The summed E-state index contributed by atoms with van der Waals surface area (Å²) in [5.41, 5.74) is 1.15. The number of hydrogen-bond acceptors (Lipinski definition) is 4. The van der Waals surface area contributed by atoms with Crippen LogP contribution in [0.15, 0.2) is 29.2 Å². The maximum absolute atomic E-state index is 11.5. The molecule has 0 saturated heterocycles. The third-order valence-corrected chi connectivity index (χ3v) is 3.42. The van der Waals surface area contributed by atoms with Crippen molar-refractivity contribution in [2.75, 3.05) is 6.61 Å². The molecule has 0 unspecified atom stereocenters. The predicted octanol–water partition coefficient (Wildman–Crippen LogP) is 1.44. The van der Waals surface area contributed by atoms with Gasteiger partial charge in [-0.15, -0.1) is 0 Å². The highest BCUT2D eigenvalue weighted by Crippen LogP contribution is 2.25. The first-order valence-electron chi connectivity index (χ1n) is 5.86. The standard InChI is InChI=1S/C11H16O3S.H3O4P/c1-3-5-10-6-8-11(9-7-10)15(12,13)14-4-2;1-5(2,3)4/h6-9H,3-5H2,1-2H3;(H3,1,2,3,4). The molecule has 3 N–H and O–H groups in total. The Hall–Kier alpha value is -0.760. The minimum absolute atomic E-state index is 0.166. The van der Waals surface area contributed by atoms with Crippen LogP contribution in [-0.2, 0) is 25.3 Å². The Kier molecular flexibility index (Phi) is 8.19. The fourth-order valence-corrected chi connectivity index (χ4v) is 2.25. The van der Waals surface area contributed by atoms with Crippen molar-refractivity contribution < 1.29 is 31.8 Å². The minimum atomic E-state index is -4.64. The lowest BCUT2D eigenvalue weighted by atomic mass is 10.1. The molecule has 1 aromatic carbocycles. The lowest BCUT2D eigenvalue weighted by Crippen LogP contribution is -2.05. The van der Waals surface area contributed by atoms with Crippen molar-refractivity contribution >= 4 is 17.9 Å². The zero-order chi connectivity index (χ0) is 15.8. The Morgan fingerprint density at radius 1 is 1.10 bits per heavy atom. The number of aryl methyl sites for hydroxylation is 1. The molecule has 0 amide bonds. The molecule has 0 fully saturated rings. The summed E-state index contributed by atoms with van der Waals surface area (Å²) in [6.45, 7) is 3.91. The summed E-state index contributed by atoms with van der Waals surface area (Å²) < 4.78 is 36.5. The Morgan fingerprint density at radius 3 is 1.90 bits per heavy atom. The van der Waals surface area contributed by atoms with Gasteiger partial charge >= 0.3 is 7.82 Å². The molecule has 0 bridgehead atoms. The molecular formula is C11H19O7PS. The molecule has 0 atom stereocenters. The molecule has 0 aromatic heterocycles. The van der Waals surface area contributed by atoms with Crippen LogP contribution in [0, 0.1) is 0 Å². The van der Waals surface area contributed by atoms with Gasteiger partial charge in [-0.1, -0.05) is 25.5 Å². The van der Waals surface area contributed by atoms with Crippen molar-refractivity contribution in [2.45, 2.75) is 31.6 Å². The van der Waals surface area contributed by atoms with Crippen LogP contribution in [0.2, 0.25) is 0 Å². The van der Waals surface area contributed by atoms with E-state index in [0.29, 0.717) is 0 Å². The fourth-order valence-electron chi connectivity index (χ4n) is 1.33.